The van der Waals surface area contributed by atoms with Gasteiger partial charge in [-0.05, 0) is 37.3 Å². The molecule has 9 heteroatoms. The highest BCUT2D eigenvalue weighted by Crippen LogP contribution is 2.23. The van der Waals surface area contributed by atoms with Gasteiger partial charge in [-0.15, -0.1) is 0 Å². The molecule has 9 nitrogen and oxygen atoms in total. The van der Waals surface area contributed by atoms with Crippen LogP contribution in [0.2, 0.25) is 0 Å². The monoisotopic (exact) mass is 440 g/mol. The minimum atomic E-state index is -0.498. The number of anilines is 1. The van der Waals surface area contributed by atoms with E-state index in [1.807, 2.05) is 48.5 Å². The first kappa shape index (κ1) is 21.7. The number of carbonyl (C=O) groups excluding carboxylic acids is 1. The summed E-state index contributed by atoms with van der Waals surface area (Å²) in [5, 5.41) is 18.2. The van der Waals surface area contributed by atoms with Gasteiger partial charge < -0.3 is 21.8 Å². The van der Waals surface area contributed by atoms with Crippen LogP contribution >= 0.6 is 0 Å². The van der Waals surface area contributed by atoms with Gasteiger partial charge in [-0.2, -0.15) is 5.10 Å². The third-order valence-electron chi connectivity index (χ3n) is 5.08. The van der Waals surface area contributed by atoms with Gasteiger partial charge >= 0.3 is 0 Å². The van der Waals surface area contributed by atoms with E-state index in [4.69, 9.17) is 11.1 Å². The van der Waals surface area contributed by atoms with Crippen molar-refractivity contribution in [3.8, 4) is 11.3 Å². The Morgan fingerprint density at radius 1 is 1.18 bits per heavy atom. The minimum absolute atomic E-state index is 0.171. The molecule has 1 unspecified atom stereocenters. The van der Waals surface area contributed by atoms with Crippen LogP contribution in [0.25, 0.3) is 22.5 Å². The highest BCUT2D eigenvalue weighted by atomic mass is 16.2. The fraction of sp³-hybridized carbons (Fsp3) is 0.125. The van der Waals surface area contributed by atoms with Crippen LogP contribution < -0.4 is 16.4 Å². The predicted molar refractivity (Wildman–Crippen MR) is 128 cm³/mol. The summed E-state index contributed by atoms with van der Waals surface area (Å²) in [6.07, 6.45) is 7.93. The van der Waals surface area contributed by atoms with Crippen LogP contribution in [-0.2, 0) is 11.3 Å². The van der Waals surface area contributed by atoms with Crippen molar-refractivity contribution in [1.29, 1.82) is 5.41 Å². The summed E-state index contributed by atoms with van der Waals surface area (Å²) in [4.78, 5) is 21.0. The smallest absolute Gasteiger partial charge is 0.242 e. The number of nitrogens with two attached hydrogens (primary N) is 1. The van der Waals surface area contributed by atoms with Gasteiger partial charge in [0.25, 0.3) is 0 Å². The molecule has 166 valence electrons. The lowest BCUT2D eigenvalue weighted by molar-refractivity contribution is -0.122. The van der Waals surface area contributed by atoms with Crippen LogP contribution in [0, 0.1) is 5.41 Å². The third-order valence-corrected chi connectivity index (χ3v) is 5.08. The normalized spacial score (nSPS) is 12.3. The topological polar surface area (TPSA) is 134 Å². The van der Waals surface area contributed by atoms with Gasteiger partial charge in [0.15, 0.2) is 5.65 Å². The van der Waals surface area contributed by atoms with Gasteiger partial charge in [-0.1, -0.05) is 18.2 Å². The van der Waals surface area contributed by atoms with Crippen molar-refractivity contribution in [2.75, 3.05) is 5.73 Å². The molecule has 4 aromatic rings. The number of nitrogens with zero attached hydrogens (tertiary/aromatic N) is 4. The van der Waals surface area contributed by atoms with Crippen molar-refractivity contribution in [2.24, 2.45) is 0 Å². The zero-order chi connectivity index (χ0) is 23.2. The van der Waals surface area contributed by atoms with Crippen molar-refractivity contribution in [1.82, 2.24) is 30.2 Å². The van der Waals surface area contributed by atoms with E-state index >= 15 is 0 Å². The molecule has 0 aliphatic heterocycles. The molecule has 0 aliphatic carbocycles. The van der Waals surface area contributed by atoms with Gasteiger partial charge in [0, 0.05) is 41.0 Å². The molecule has 1 atom stereocenters. The number of benzene rings is 1. The summed E-state index contributed by atoms with van der Waals surface area (Å²) in [5.41, 5.74) is 11.0. The second-order valence-electron chi connectivity index (χ2n) is 7.45. The van der Waals surface area contributed by atoms with Gasteiger partial charge in [0.2, 0.25) is 5.91 Å². The summed E-state index contributed by atoms with van der Waals surface area (Å²) in [5.74, 6) is -0.171. The molecule has 3 aromatic heterocycles. The Morgan fingerprint density at radius 2 is 2.06 bits per heavy atom. The Morgan fingerprint density at radius 3 is 2.82 bits per heavy atom. The Kier molecular flexibility index (Phi) is 6.40. The second kappa shape index (κ2) is 9.73. The van der Waals surface area contributed by atoms with E-state index in [1.165, 1.54) is 6.21 Å². The predicted octanol–water partition coefficient (Wildman–Crippen LogP) is 2.66. The van der Waals surface area contributed by atoms with Crippen molar-refractivity contribution >= 4 is 29.0 Å². The fourth-order valence-corrected chi connectivity index (χ4v) is 3.26. The van der Waals surface area contributed by atoms with Crippen LogP contribution in [0.5, 0.6) is 0 Å². The largest absolute Gasteiger partial charge is 0.399 e. The fourth-order valence-electron chi connectivity index (χ4n) is 3.26. The van der Waals surface area contributed by atoms with Gasteiger partial charge in [-0.25, -0.2) is 9.50 Å². The first-order chi connectivity index (χ1) is 16.0. The first-order valence-corrected chi connectivity index (χ1v) is 10.4. The molecule has 3 heterocycles. The van der Waals surface area contributed by atoms with Gasteiger partial charge in [-0.3, -0.25) is 9.78 Å². The highest BCUT2D eigenvalue weighted by Gasteiger charge is 2.13. The van der Waals surface area contributed by atoms with Gasteiger partial charge in [0.05, 0.1) is 30.3 Å². The number of hydrogen-bond acceptors (Lipinski definition) is 7. The average Bonchev–Trinajstić information content (AvgIpc) is 3.27. The van der Waals surface area contributed by atoms with Crippen molar-refractivity contribution in [3.05, 3.63) is 84.6 Å². The van der Waals surface area contributed by atoms with Crippen LogP contribution in [-0.4, -0.2) is 37.7 Å². The molecular formula is C24H24N8O. The maximum Gasteiger partial charge on any atom is 0.242 e. The SMILES string of the molecule is CC(N/C=C(\C=N)c1cnn2c(-c3cccc(N)c3)cnc2c1)C(=O)NCc1ccccn1. The molecule has 0 bridgehead atoms. The quantitative estimate of drug-likeness (QED) is 0.246. The van der Waals surface area contributed by atoms with Crippen LogP contribution in [0.15, 0.2) is 73.3 Å². The second-order valence-corrected chi connectivity index (χ2v) is 7.45. The number of nitrogens with one attached hydrogen (secondary N) is 3. The van der Waals surface area contributed by atoms with Crippen LogP contribution in [0.4, 0.5) is 5.69 Å². The third kappa shape index (κ3) is 5.04. The van der Waals surface area contributed by atoms with Crippen molar-refractivity contribution in [3.63, 3.8) is 0 Å². The summed E-state index contributed by atoms with van der Waals surface area (Å²) in [6, 6.07) is 14.4. The number of nitrogen functional groups attached to an aromatic ring is 1. The minimum Gasteiger partial charge on any atom is -0.399 e. The molecular weight excluding hydrogens is 416 g/mol. The van der Waals surface area contributed by atoms with Crippen LogP contribution in [0.1, 0.15) is 18.2 Å². The standard InChI is InChI=1S/C24H24N8O/c1-16(24(33)30-14-21-7-2-3-8-27-21)28-12-19(11-25)18-10-23-29-15-22(32(23)31-13-18)17-5-4-6-20(26)9-17/h2-13,15-16,25,28H,14,26H2,1H3,(H,30,33)/b19-12+,25-11?. The number of hydrogen-bond donors (Lipinski definition) is 4. The Bertz CT molecular complexity index is 1310. The summed E-state index contributed by atoms with van der Waals surface area (Å²) < 4.78 is 1.72. The number of pyridine rings is 1. The number of aromatic nitrogens is 4. The van der Waals surface area contributed by atoms with Crippen LogP contribution in [0.3, 0.4) is 0 Å². The number of fused-ring (bicyclic) bond motifs is 1. The van der Waals surface area contributed by atoms with Gasteiger partial charge in [0.1, 0.15) is 6.04 Å². The first-order valence-electron chi connectivity index (χ1n) is 10.4. The molecule has 0 aliphatic rings. The van der Waals surface area contributed by atoms with E-state index in [9.17, 15) is 4.79 Å². The molecule has 0 spiro atoms. The molecule has 0 fully saturated rings. The van der Waals surface area contributed by atoms with Crippen molar-refractivity contribution < 1.29 is 4.79 Å². The van der Waals surface area contributed by atoms with E-state index < -0.39 is 6.04 Å². The summed E-state index contributed by atoms with van der Waals surface area (Å²) in [7, 11) is 0. The number of imidazole rings is 1. The molecule has 33 heavy (non-hydrogen) atoms. The summed E-state index contributed by atoms with van der Waals surface area (Å²) >= 11 is 0. The number of carbonyl (C=O) groups is 1. The zero-order valence-corrected chi connectivity index (χ0v) is 18.1. The molecule has 1 aromatic carbocycles. The molecule has 1 amide bonds. The molecule has 4 rings (SSSR count). The molecule has 0 radical (unpaired) electrons. The zero-order valence-electron chi connectivity index (χ0n) is 18.1. The maximum absolute atomic E-state index is 12.4. The Balaban J connectivity index is 1.47. The molecule has 0 saturated carbocycles. The highest BCUT2D eigenvalue weighted by molar-refractivity contribution is 6.08. The molecule has 0 saturated heterocycles. The van der Waals surface area contributed by atoms with E-state index in [-0.39, 0.29) is 5.91 Å². The Hall–Kier alpha value is -4.53. The number of allylic oxidation sites excluding steroid dienone is 1. The number of amides is 1. The number of rotatable bonds is 8. The summed E-state index contributed by atoms with van der Waals surface area (Å²) in [6.45, 7) is 2.10. The van der Waals surface area contributed by atoms with E-state index in [2.05, 4.69) is 25.7 Å². The van der Waals surface area contributed by atoms with E-state index in [0.29, 0.717) is 29.0 Å². The van der Waals surface area contributed by atoms with E-state index in [0.717, 1.165) is 17.0 Å². The lowest BCUT2D eigenvalue weighted by Gasteiger charge is -2.13. The van der Waals surface area contributed by atoms with E-state index in [1.54, 1.807) is 36.2 Å². The lowest BCUT2D eigenvalue weighted by atomic mass is 10.1. The maximum atomic E-state index is 12.4. The average molecular weight is 441 g/mol. The van der Waals surface area contributed by atoms with Crippen molar-refractivity contribution in [2.45, 2.75) is 19.5 Å². The molecule has 5 N–H and O–H groups in total. The Labute approximate surface area is 190 Å². The lowest BCUT2D eigenvalue weighted by Crippen LogP contribution is -2.39.